The molecule has 0 radical (unpaired) electrons. The van der Waals surface area contributed by atoms with Gasteiger partial charge in [0.1, 0.15) is 30.0 Å². The van der Waals surface area contributed by atoms with E-state index in [9.17, 15) is 24.6 Å². The summed E-state index contributed by atoms with van der Waals surface area (Å²) >= 11 is 0. The lowest BCUT2D eigenvalue weighted by atomic mass is 9.49. The van der Waals surface area contributed by atoms with E-state index < -0.39 is 76.4 Å². The summed E-state index contributed by atoms with van der Waals surface area (Å²) in [5.74, 6) is -2.60. The molecule has 0 aromatic carbocycles. The minimum absolute atomic E-state index is 0.00885. The van der Waals surface area contributed by atoms with Gasteiger partial charge < -0.3 is 38.6 Å². The Labute approximate surface area is 220 Å². The van der Waals surface area contributed by atoms with E-state index in [0.29, 0.717) is 13.0 Å². The van der Waals surface area contributed by atoms with Gasteiger partial charge in [-0.25, -0.2) is 14.4 Å². The number of esters is 3. The largest absolute Gasteiger partial charge is 0.463 e. The molecule has 11 heteroatoms. The topological polar surface area (TPSA) is 154 Å². The van der Waals surface area contributed by atoms with Crippen molar-refractivity contribution in [2.24, 2.45) is 16.7 Å². The van der Waals surface area contributed by atoms with Crippen LogP contribution in [0.4, 0.5) is 0 Å². The third-order valence-corrected chi connectivity index (χ3v) is 10.1. The first-order chi connectivity index (χ1) is 18.0. The third kappa shape index (κ3) is 3.48. The second-order valence-corrected chi connectivity index (χ2v) is 11.9. The van der Waals surface area contributed by atoms with Crippen LogP contribution in [0.3, 0.4) is 0 Å². The normalized spacial score (nSPS) is 53.8. The van der Waals surface area contributed by atoms with E-state index in [1.807, 2.05) is 13.8 Å². The van der Waals surface area contributed by atoms with Crippen molar-refractivity contribution in [3.8, 4) is 0 Å². The molecule has 2 saturated carbocycles. The van der Waals surface area contributed by atoms with Crippen LogP contribution in [-0.2, 0) is 42.8 Å². The van der Waals surface area contributed by atoms with Crippen LogP contribution >= 0.6 is 0 Å². The molecule has 2 aliphatic carbocycles. The van der Waals surface area contributed by atoms with Crippen LogP contribution in [-0.4, -0.2) is 95.8 Å². The Kier molecular flexibility index (Phi) is 5.87. The van der Waals surface area contributed by atoms with Crippen molar-refractivity contribution in [1.29, 1.82) is 0 Å². The summed E-state index contributed by atoms with van der Waals surface area (Å²) in [6.07, 6.45) is 1.58. The van der Waals surface area contributed by atoms with Crippen LogP contribution in [0.2, 0.25) is 0 Å². The van der Waals surface area contributed by atoms with Gasteiger partial charge in [-0.2, -0.15) is 0 Å². The van der Waals surface area contributed by atoms with E-state index in [-0.39, 0.29) is 32.2 Å². The number of epoxide rings is 2. The SMILES string of the molecule is C[C@@H]1CCOC(=O)/C=C\C=C\C(=O)O[C@@H]2C[C@H]3O[C@H]4[C@H]5O[C@]5(C)[C@@H](O)C[C@@]4(COC(=O)[C@@H]1O)[C@@]2(C)[C@@]31CO1. The van der Waals surface area contributed by atoms with Gasteiger partial charge in [-0.15, -0.1) is 0 Å². The Hall–Kier alpha value is -2.31. The Morgan fingerprint density at radius 3 is 2.37 bits per heavy atom. The highest BCUT2D eigenvalue weighted by Gasteiger charge is 2.87. The summed E-state index contributed by atoms with van der Waals surface area (Å²) in [5.41, 5.74) is -3.47. The Bertz CT molecular complexity index is 1100. The number of hydrogen-bond donors (Lipinski definition) is 2. The highest BCUT2D eigenvalue weighted by atomic mass is 16.7. The summed E-state index contributed by atoms with van der Waals surface area (Å²) in [4.78, 5) is 37.8. The second-order valence-electron chi connectivity index (χ2n) is 11.9. The number of carbonyl (C=O) groups excluding carboxylic acids is 3. The average Bonchev–Trinajstić information content (AvgIpc) is 3.78. The van der Waals surface area contributed by atoms with E-state index in [4.69, 9.17) is 28.4 Å². The molecule has 4 aliphatic heterocycles. The molecule has 0 aromatic rings. The third-order valence-electron chi connectivity index (χ3n) is 10.1. The first-order valence-corrected chi connectivity index (χ1v) is 13.2. The number of allylic oxidation sites excluding steroid dienone is 2. The lowest BCUT2D eigenvalue weighted by Gasteiger charge is -2.59. The van der Waals surface area contributed by atoms with Gasteiger partial charge in [0.05, 0.1) is 36.9 Å². The van der Waals surface area contributed by atoms with Crippen molar-refractivity contribution in [2.75, 3.05) is 19.8 Å². The minimum atomic E-state index is -1.45. The van der Waals surface area contributed by atoms with Gasteiger partial charge in [0.2, 0.25) is 0 Å². The molecule has 0 unspecified atom stereocenters. The maximum Gasteiger partial charge on any atom is 0.335 e. The fourth-order valence-electron chi connectivity index (χ4n) is 7.38. The van der Waals surface area contributed by atoms with Gasteiger partial charge in [-0.05, 0) is 25.7 Å². The first kappa shape index (κ1) is 25.9. The molecule has 38 heavy (non-hydrogen) atoms. The fourth-order valence-corrected chi connectivity index (χ4v) is 7.38. The minimum Gasteiger partial charge on any atom is -0.463 e. The van der Waals surface area contributed by atoms with Crippen LogP contribution < -0.4 is 0 Å². The maximum absolute atomic E-state index is 13.0. The van der Waals surface area contributed by atoms with Crippen molar-refractivity contribution < 1.29 is 53.0 Å². The summed E-state index contributed by atoms with van der Waals surface area (Å²) in [6.45, 7) is 5.64. The van der Waals surface area contributed by atoms with E-state index in [0.717, 1.165) is 0 Å². The summed E-state index contributed by atoms with van der Waals surface area (Å²) in [7, 11) is 0. The van der Waals surface area contributed by atoms with Gasteiger partial charge in [0.25, 0.3) is 0 Å². The van der Waals surface area contributed by atoms with Gasteiger partial charge in [0, 0.05) is 24.0 Å². The van der Waals surface area contributed by atoms with Crippen LogP contribution in [0.1, 0.15) is 40.0 Å². The number of cyclic esters (lactones) is 2. The van der Waals surface area contributed by atoms with Crippen molar-refractivity contribution in [3.63, 3.8) is 0 Å². The Balaban J connectivity index is 1.39. The highest BCUT2D eigenvalue weighted by Crippen LogP contribution is 2.75. The van der Waals surface area contributed by atoms with Gasteiger partial charge >= 0.3 is 17.9 Å². The molecule has 4 heterocycles. The van der Waals surface area contributed by atoms with Gasteiger partial charge in [-0.1, -0.05) is 26.0 Å². The predicted molar refractivity (Wildman–Crippen MR) is 126 cm³/mol. The van der Waals surface area contributed by atoms with E-state index in [1.54, 1.807) is 6.92 Å². The molecule has 6 aliphatic rings. The van der Waals surface area contributed by atoms with Gasteiger partial charge in [0.15, 0.2) is 6.10 Å². The molecule has 208 valence electrons. The molecule has 11 atom stereocenters. The lowest BCUT2D eigenvalue weighted by Crippen LogP contribution is -2.71. The molecule has 0 aromatic heterocycles. The molecule has 6 rings (SSSR count). The van der Waals surface area contributed by atoms with Crippen LogP contribution in [0.15, 0.2) is 24.3 Å². The molecular weight excluding hydrogens is 500 g/mol. The Morgan fingerprint density at radius 1 is 0.947 bits per heavy atom. The zero-order chi connectivity index (χ0) is 27.1. The number of hydrogen-bond acceptors (Lipinski definition) is 11. The standard InChI is InChI=1S/C27H34O11/c1-14-8-9-33-18(29)6-4-5-7-19(30)36-16-10-17-27(13-35-27)25(16,3)26(12-34-23(32)20(14)31)11-15(28)24(2)21(38-24)22(26)37-17/h4-7,14-17,20-22,28,31H,8-13H2,1-3H3/b6-4-,7-5+/t14-,15+,16-,17-,20-,21-,22+,24-,25+,26+,27-/m1/s1. The average molecular weight is 535 g/mol. The number of ether oxygens (including phenoxy) is 6. The molecule has 5 fully saturated rings. The second kappa shape index (κ2) is 8.59. The lowest BCUT2D eigenvalue weighted by molar-refractivity contribution is -0.261. The van der Waals surface area contributed by atoms with Crippen molar-refractivity contribution in [1.82, 2.24) is 0 Å². The van der Waals surface area contributed by atoms with E-state index in [1.165, 1.54) is 24.3 Å². The predicted octanol–water partition coefficient (Wildman–Crippen LogP) is 0.353. The summed E-state index contributed by atoms with van der Waals surface area (Å²) in [5, 5.41) is 21.9. The molecule has 2 N–H and O–H groups in total. The smallest absolute Gasteiger partial charge is 0.335 e. The number of aliphatic hydroxyl groups is 2. The monoisotopic (exact) mass is 534 g/mol. The molecule has 2 bridgehead atoms. The van der Waals surface area contributed by atoms with Gasteiger partial charge in [-0.3, -0.25) is 0 Å². The number of carbonyl (C=O) groups is 3. The van der Waals surface area contributed by atoms with Crippen molar-refractivity contribution in [3.05, 3.63) is 24.3 Å². The van der Waals surface area contributed by atoms with Crippen molar-refractivity contribution in [2.45, 2.75) is 87.9 Å². The summed E-state index contributed by atoms with van der Waals surface area (Å²) < 4.78 is 35.5. The first-order valence-electron chi connectivity index (χ1n) is 13.2. The summed E-state index contributed by atoms with van der Waals surface area (Å²) in [6, 6.07) is 0. The zero-order valence-electron chi connectivity index (χ0n) is 21.7. The molecule has 2 spiro atoms. The maximum atomic E-state index is 13.0. The fraction of sp³-hybridized carbons (Fsp3) is 0.741. The van der Waals surface area contributed by atoms with Crippen LogP contribution in [0, 0.1) is 16.7 Å². The zero-order valence-corrected chi connectivity index (χ0v) is 21.7. The number of fused-ring (bicyclic) bond motifs is 2. The molecule has 3 saturated heterocycles. The molecule has 11 nitrogen and oxygen atoms in total. The number of rotatable bonds is 0. The highest BCUT2D eigenvalue weighted by molar-refractivity contribution is 5.84. The van der Waals surface area contributed by atoms with Crippen LogP contribution in [0.25, 0.3) is 0 Å². The molecular formula is C27H34O11. The molecule has 0 amide bonds. The van der Waals surface area contributed by atoms with Crippen molar-refractivity contribution >= 4 is 17.9 Å². The van der Waals surface area contributed by atoms with Crippen LogP contribution in [0.5, 0.6) is 0 Å². The van der Waals surface area contributed by atoms with E-state index in [2.05, 4.69) is 0 Å². The van der Waals surface area contributed by atoms with E-state index >= 15 is 0 Å². The quantitative estimate of drug-likeness (QED) is 0.251. The number of aliphatic hydroxyl groups excluding tert-OH is 2. The Morgan fingerprint density at radius 2 is 1.66 bits per heavy atom.